The molecule has 0 bridgehead atoms. The molecule has 0 atom stereocenters. The van der Waals surface area contributed by atoms with E-state index in [4.69, 9.17) is 16.6 Å². The molecule has 3 aromatic rings. The van der Waals surface area contributed by atoms with Gasteiger partial charge in [0.15, 0.2) is 5.82 Å². The lowest BCUT2D eigenvalue weighted by Gasteiger charge is -2.33. The second-order valence-electron chi connectivity index (χ2n) is 6.47. The maximum Gasteiger partial charge on any atom is 0.165 e. The fraction of sp³-hybridized carbons (Fsp3) is 0.316. The Balaban J connectivity index is 1.42. The van der Waals surface area contributed by atoms with Crippen molar-refractivity contribution in [1.29, 1.82) is 0 Å². The maximum absolute atomic E-state index is 5.98. The number of hydrogen-bond donors (Lipinski definition) is 1. The summed E-state index contributed by atoms with van der Waals surface area (Å²) >= 11 is 5.98. The van der Waals surface area contributed by atoms with Gasteiger partial charge in [-0.05, 0) is 36.4 Å². The van der Waals surface area contributed by atoms with Gasteiger partial charge >= 0.3 is 0 Å². The number of quaternary nitrogens is 1. The highest BCUT2D eigenvalue weighted by Gasteiger charge is 2.22. The Bertz CT molecular complexity index is 832. The second kappa shape index (κ2) is 6.46. The summed E-state index contributed by atoms with van der Waals surface area (Å²) < 4.78 is 2.23. The number of imidazole rings is 1. The van der Waals surface area contributed by atoms with Crippen molar-refractivity contribution in [1.82, 2.24) is 9.55 Å². The third-order valence-electron chi connectivity index (χ3n) is 4.95. The van der Waals surface area contributed by atoms with Gasteiger partial charge in [0, 0.05) is 17.8 Å². The van der Waals surface area contributed by atoms with Crippen LogP contribution < -0.4 is 9.80 Å². The van der Waals surface area contributed by atoms with E-state index in [1.807, 2.05) is 12.1 Å². The van der Waals surface area contributed by atoms with Crippen molar-refractivity contribution in [3.8, 4) is 0 Å². The van der Waals surface area contributed by atoms with Gasteiger partial charge in [0.2, 0.25) is 0 Å². The van der Waals surface area contributed by atoms with Gasteiger partial charge in [-0.1, -0.05) is 23.7 Å². The molecule has 4 nitrogen and oxygen atoms in total. The van der Waals surface area contributed by atoms with Gasteiger partial charge in [0.05, 0.1) is 37.2 Å². The molecule has 0 spiro atoms. The van der Waals surface area contributed by atoms with E-state index in [0.29, 0.717) is 0 Å². The van der Waals surface area contributed by atoms with Crippen molar-refractivity contribution in [3.63, 3.8) is 0 Å². The molecular weight excluding hydrogens is 320 g/mol. The number of benzene rings is 2. The van der Waals surface area contributed by atoms with Gasteiger partial charge in [0.1, 0.15) is 6.54 Å². The minimum atomic E-state index is 0.796. The van der Waals surface area contributed by atoms with E-state index >= 15 is 0 Å². The van der Waals surface area contributed by atoms with Gasteiger partial charge in [-0.2, -0.15) is 0 Å². The summed E-state index contributed by atoms with van der Waals surface area (Å²) in [7, 11) is 2.12. The fourth-order valence-electron chi connectivity index (χ4n) is 3.49. The number of nitrogens with zero attached hydrogens (tertiary/aromatic N) is 3. The van der Waals surface area contributed by atoms with Gasteiger partial charge in [0.25, 0.3) is 0 Å². The Hall–Kier alpha value is -2.04. The molecule has 2 heterocycles. The predicted molar refractivity (Wildman–Crippen MR) is 98.8 cm³/mol. The number of halogens is 1. The normalized spacial score (nSPS) is 16.0. The van der Waals surface area contributed by atoms with E-state index in [1.54, 1.807) is 4.90 Å². The Morgan fingerprint density at radius 1 is 1.04 bits per heavy atom. The summed E-state index contributed by atoms with van der Waals surface area (Å²) in [5, 5.41) is 0.796. The second-order valence-corrected chi connectivity index (χ2v) is 6.90. The Kier molecular flexibility index (Phi) is 4.17. The van der Waals surface area contributed by atoms with Crippen LogP contribution in [-0.2, 0) is 13.6 Å². The van der Waals surface area contributed by atoms with Gasteiger partial charge in [-0.3, -0.25) is 0 Å². The van der Waals surface area contributed by atoms with Crippen molar-refractivity contribution in [2.24, 2.45) is 7.05 Å². The lowest BCUT2D eigenvalue weighted by molar-refractivity contribution is -0.915. The maximum atomic E-state index is 5.98. The highest BCUT2D eigenvalue weighted by atomic mass is 35.5. The quantitative estimate of drug-likeness (QED) is 0.789. The molecule has 2 aromatic carbocycles. The smallest absolute Gasteiger partial charge is 0.165 e. The first kappa shape index (κ1) is 15.5. The zero-order valence-electron chi connectivity index (χ0n) is 13.9. The molecular formula is C19H22ClN4+. The molecule has 0 saturated carbocycles. The van der Waals surface area contributed by atoms with Crippen molar-refractivity contribution in [2.45, 2.75) is 6.54 Å². The number of aromatic nitrogens is 2. The summed E-state index contributed by atoms with van der Waals surface area (Å²) in [5.74, 6) is 1.17. The monoisotopic (exact) mass is 341 g/mol. The summed E-state index contributed by atoms with van der Waals surface area (Å²) in [6.45, 7) is 5.39. The van der Waals surface area contributed by atoms with Gasteiger partial charge in [-0.25, -0.2) is 4.98 Å². The topological polar surface area (TPSA) is 25.5 Å². The molecule has 1 aliphatic rings. The molecule has 0 aliphatic carbocycles. The van der Waals surface area contributed by atoms with Crippen LogP contribution in [0.15, 0.2) is 48.5 Å². The molecule has 1 fully saturated rings. The average molecular weight is 342 g/mol. The van der Waals surface area contributed by atoms with Crippen molar-refractivity contribution in [3.05, 3.63) is 59.4 Å². The number of hydrogen-bond acceptors (Lipinski definition) is 2. The molecule has 124 valence electrons. The van der Waals surface area contributed by atoms with Crippen LogP contribution in [0.3, 0.4) is 0 Å². The summed E-state index contributed by atoms with van der Waals surface area (Å²) in [6, 6.07) is 16.5. The number of anilines is 1. The van der Waals surface area contributed by atoms with E-state index < -0.39 is 0 Å². The van der Waals surface area contributed by atoms with E-state index in [-0.39, 0.29) is 0 Å². The Labute approximate surface area is 147 Å². The van der Waals surface area contributed by atoms with Crippen LogP contribution in [0, 0.1) is 0 Å². The molecule has 0 amide bonds. The largest absolute Gasteiger partial charge is 0.360 e. The van der Waals surface area contributed by atoms with Crippen LogP contribution in [0.4, 0.5) is 5.69 Å². The van der Waals surface area contributed by atoms with Crippen LogP contribution >= 0.6 is 11.6 Å². The van der Waals surface area contributed by atoms with Crippen molar-refractivity contribution in [2.75, 3.05) is 31.1 Å². The van der Waals surface area contributed by atoms with Gasteiger partial charge < -0.3 is 14.4 Å². The zero-order chi connectivity index (χ0) is 16.5. The molecule has 1 aromatic heterocycles. The van der Waals surface area contributed by atoms with Crippen molar-refractivity contribution >= 4 is 28.3 Å². The summed E-state index contributed by atoms with van der Waals surface area (Å²) in [4.78, 5) is 8.84. The molecule has 1 saturated heterocycles. The number of fused-ring (bicyclic) bond motifs is 1. The highest BCUT2D eigenvalue weighted by molar-refractivity contribution is 6.30. The fourth-order valence-corrected chi connectivity index (χ4v) is 3.61. The number of aryl methyl sites for hydroxylation is 1. The van der Waals surface area contributed by atoms with Crippen LogP contribution in [0.2, 0.25) is 5.02 Å². The van der Waals surface area contributed by atoms with Crippen molar-refractivity contribution < 1.29 is 4.90 Å². The predicted octanol–water partition coefficient (Wildman–Crippen LogP) is 2.13. The van der Waals surface area contributed by atoms with E-state index in [0.717, 1.165) is 43.3 Å². The van der Waals surface area contributed by atoms with Crippen LogP contribution in [-0.4, -0.2) is 35.7 Å². The first-order chi connectivity index (χ1) is 11.7. The first-order valence-corrected chi connectivity index (χ1v) is 8.83. The third kappa shape index (κ3) is 2.99. The Morgan fingerprint density at radius 3 is 2.46 bits per heavy atom. The number of para-hydroxylation sites is 2. The molecule has 5 heteroatoms. The van der Waals surface area contributed by atoms with E-state index in [2.05, 4.69) is 52.9 Å². The van der Waals surface area contributed by atoms with Gasteiger partial charge in [-0.15, -0.1) is 0 Å². The lowest BCUT2D eigenvalue weighted by atomic mass is 10.2. The third-order valence-corrected chi connectivity index (χ3v) is 5.20. The molecule has 0 unspecified atom stereocenters. The Morgan fingerprint density at radius 2 is 1.75 bits per heavy atom. The van der Waals surface area contributed by atoms with Crippen LogP contribution in [0.5, 0.6) is 0 Å². The molecule has 0 radical (unpaired) electrons. The van der Waals surface area contributed by atoms with Crippen LogP contribution in [0.1, 0.15) is 5.82 Å². The zero-order valence-corrected chi connectivity index (χ0v) is 14.6. The summed E-state index contributed by atoms with van der Waals surface area (Å²) in [5.41, 5.74) is 3.57. The minimum Gasteiger partial charge on any atom is -0.360 e. The summed E-state index contributed by atoms with van der Waals surface area (Å²) in [6.07, 6.45) is 0. The van der Waals surface area contributed by atoms with Crippen LogP contribution in [0.25, 0.3) is 11.0 Å². The first-order valence-electron chi connectivity index (χ1n) is 8.45. The number of nitrogens with one attached hydrogen (secondary N) is 1. The molecule has 24 heavy (non-hydrogen) atoms. The molecule has 1 aliphatic heterocycles. The minimum absolute atomic E-state index is 0.796. The molecule has 1 N–H and O–H groups in total. The molecule has 4 rings (SSSR count). The standard InChI is InChI=1S/C19H21ClN4/c1-22-18-5-3-2-4-17(18)21-19(22)14-23-10-12-24(13-11-23)16-8-6-15(20)7-9-16/h2-9H,10-14H2,1H3/p+1. The highest BCUT2D eigenvalue weighted by Crippen LogP contribution is 2.18. The number of piperazine rings is 1. The number of rotatable bonds is 3. The SMILES string of the molecule is Cn1c(C[NH+]2CCN(c3ccc(Cl)cc3)CC2)nc2ccccc21. The van der Waals surface area contributed by atoms with E-state index in [9.17, 15) is 0 Å². The average Bonchev–Trinajstić information content (AvgIpc) is 2.93. The lowest BCUT2D eigenvalue weighted by Crippen LogP contribution is -3.13. The van der Waals surface area contributed by atoms with E-state index in [1.165, 1.54) is 17.0 Å².